The number of amidine groups is 1. The molecule has 0 heterocycles. The second-order valence-corrected chi connectivity index (χ2v) is 7.18. The Morgan fingerprint density at radius 3 is 2.68 bits per heavy atom. The fourth-order valence-corrected chi connectivity index (χ4v) is 3.00. The molecule has 0 saturated carbocycles. The first-order chi connectivity index (χ1) is 13.6. The molecule has 2 aromatic carbocycles. The predicted molar refractivity (Wildman–Crippen MR) is 113 cm³/mol. The number of nitrogens with two attached hydrogens (primary N) is 1. The van der Waals surface area contributed by atoms with Gasteiger partial charge in [-0.15, -0.1) is 5.10 Å². The summed E-state index contributed by atoms with van der Waals surface area (Å²) in [5.74, 6) is -1.42. The summed E-state index contributed by atoms with van der Waals surface area (Å²) in [7, 11) is 0. The standard InChI is InChI=1S/C21H25F2N3OS/c1-2-3-4-8-11-27-19-13-17(12-18(22)20(19)23)14-25-26-21(24)28-15-16-9-6-5-7-10-16/h5-7,9-10,12-14H,2-4,8,11,15H2,1H3,(H2,24,26). The summed E-state index contributed by atoms with van der Waals surface area (Å²) in [5.41, 5.74) is 7.29. The first-order valence-electron chi connectivity index (χ1n) is 9.25. The molecule has 0 fully saturated rings. The van der Waals surface area contributed by atoms with Gasteiger partial charge in [-0.3, -0.25) is 0 Å². The number of hydrogen-bond donors (Lipinski definition) is 1. The van der Waals surface area contributed by atoms with E-state index in [2.05, 4.69) is 17.1 Å². The molecule has 0 radical (unpaired) electrons. The smallest absolute Gasteiger partial charge is 0.200 e. The van der Waals surface area contributed by atoms with E-state index in [1.165, 1.54) is 24.0 Å². The molecule has 0 amide bonds. The number of benzene rings is 2. The van der Waals surface area contributed by atoms with Crippen molar-refractivity contribution in [2.75, 3.05) is 6.61 Å². The topological polar surface area (TPSA) is 60.0 Å². The molecule has 0 aliphatic rings. The van der Waals surface area contributed by atoms with Crippen LogP contribution in [0.5, 0.6) is 5.75 Å². The Labute approximate surface area is 168 Å². The van der Waals surface area contributed by atoms with Crippen LogP contribution in [-0.2, 0) is 5.75 Å². The Kier molecular flexibility index (Phi) is 9.48. The number of unbranched alkanes of at least 4 members (excludes halogenated alkanes) is 3. The van der Waals surface area contributed by atoms with Crippen LogP contribution in [0.2, 0.25) is 0 Å². The molecule has 0 aliphatic carbocycles. The van der Waals surface area contributed by atoms with Gasteiger partial charge in [0.1, 0.15) is 0 Å². The minimum atomic E-state index is -0.992. The third-order valence-electron chi connectivity index (χ3n) is 3.87. The molecule has 0 spiro atoms. The van der Waals surface area contributed by atoms with Crippen molar-refractivity contribution in [3.63, 3.8) is 0 Å². The minimum Gasteiger partial charge on any atom is -0.490 e. The zero-order chi connectivity index (χ0) is 20.2. The Morgan fingerprint density at radius 2 is 1.93 bits per heavy atom. The molecule has 0 unspecified atom stereocenters. The Morgan fingerprint density at radius 1 is 1.14 bits per heavy atom. The van der Waals surface area contributed by atoms with Crippen molar-refractivity contribution in [2.45, 2.75) is 38.4 Å². The molecule has 150 valence electrons. The van der Waals surface area contributed by atoms with Gasteiger partial charge in [-0.05, 0) is 24.1 Å². The first kappa shape index (κ1) is 21.9. The predicted octanol–water partition coefficient (Wildman–Crippen LogP) is 5.51. The Balaban J connectivity index is 1.92. The third-order valence-corrected chi connectivity index (χ3v) is 4.72. The molecular formula is C21H25F2N3OS. The number of thioether (sulfide) groups is 1. The highest BCUT2D eigenvalue weighted by Crippen LogP contribution is 2.22. The summed E-state index contributed by atoms with van der Waals surface area (Å²) in [6.45, 7) is 2.45. The van der Waals surface area contributed by atoms with Crippen molar-refractivity contribution in [2.24, 2.45) is 15.9 Å². The lowest BCUT2D eigenvalue weighted by molar-refractivity contribution is 0.285. The summed E-state index contributed by atoms with van der Waals surface area (Å²) in [5, 5.41) is 8.03. The maximum Gasteiger partial charge on any atom is 0.200 e. The van der Waals surface area contributed by atoms with Crippen LogP contribution in [0.15, 0.2) is 52.7 Å². The largest absolute Gasteiger partial charge is 0.490 e. The molecule has 0 aliphatic heterocycles. The van der Waals surface area contributed by atoms with Crippen LogP contribution in [0.1, 0.15) is 43.7 Å². The van der Waals surface area contributed by atoms with E-state index < -0.39 is 11.6 Å². The molecule has 7 heteroatoms. The van der Waals surface area contributed by atoms with Crippen molar-refractivity contribution >= 4 is 23.1 Å². The number of rotatable bonds is 10. The summed E-state index contributed by atoms with van der Waals surface area (Å²) >= 11 is 1.35. The Hall–Kier alpha value is -2.41. The van der Waals surface area contributed by atoms with E-state index in [9.17, 15) is 8.78 Å². The number of halogens is 2. The van der Waals surface area contributed by atoms with Gasteiger partial charge < -0.3 is 10.5 Å². The average Bonchev–Trinajstić information content (AvgIpc) is 2.70. The fraction of sp³-hybridized carbons (Fsp3) is 0.333. The van der Waals surface area contributed by atoms with E-state index >= 15 is 0 Å². The zero-order valence-electron chi connectivity index (χ0n) is 15.9. The first-order valence-corrected chi connectivity index (χ1v) is 10.2. The molecule has 0 bridgehead atoms. The number of nitrogens with zero attached hydrogens (tertiary/aromatic N) is 2. The van der Waals surface area contributed by atoms with Crippen LogP contribution in [0.4, 0.5) is 8.78 Å². The zero-order valence-corrected chi connectivity index (χ0v) is 16.7. The molecule has 2 aromatic rings. The maximum atomic E-state index is 13.9. The van der Waals surface area contributed by atoms with Gasteiger partial charge in [0, 0.05) is 11.3 Å². The van der Waals surface area contributed by atoms with Gasteiger partial charge in [0.2, 0.25) is 5.82 Å². The quantitative estimate of drug-likeness (QED) is 0.245. The van der Waals surface area contributed by atoms with Crippen molar-refractivity contribution in [3.8, 4) is 5.75 Å². The van der Waals surface area contributed by atoms with E-state index in [4.69, 9.17) is 10.5 Å². The number of ether oxygens (including phenoxy) is 1. The third kappa shape index (κ3) is 7.68. The molecular weight excluding hydrogens is 380 g/mol. The summed E-state index contributed by atoms with van der Waals surface area (Å²) in [6, 6.07) is 12.3. The SMILES string of the molecule is CCCCCCOc1cc(C=NN=C(N)SCc2ccccc2)cc(F)c1F. The van der Waals surface area contributed by atoms with Crippen LogP contribution < -0.4 is 10.5 Å². The average molecular weight is 406 g/mol. The second kappa shape index (κ2) is 12.1. The summed E-state index contributed by atoms with van der Waals surface area (Å²) < 4.78 is 33.0. The van der Waals surface area contributed by atoms with Crippen LogP contribution in [0.3, 0.4) is 0 Å². The molecule has 2 rings (SSSR count). The molecule has 0 atom stereocenters. The normalized spacial score (nSPS) is 11.9. The van der Waals surface area contributed by atoms with Crippen molar-refractivity contribution in [3.05, 3.63) is 65.2 Å². The van der Waals surface area contributed by atoms with Gasteiger partial charge in [-0.25, -0.2) is 4.39 Å². The number of hydrogen-bond acceptors (Lipinski definition) is 4. The van der Waals surface area contributed by atoms with Gasteiger partial charge in [0.15, 0.2) is 16.7 Å². The molecule has 2 N–H and O–H groups in total. The van der Waals surface area contributed by atoms with E-state index in [1.807, 2.05) is 30.3 Å². The van der Waals surface area contributed by atoms with Crippen molar-refractivity contribution < 1.29 is 13.5 Å². The van der Waals surface area contributed by atoms with E-state index in [0.717, 1.165) is 37.3 Å². The second-order valence-electron chi connectivity index (χ2n) is 6.18. The van der Waals surface area contributed by atoms with Crippen LogP contribution in [-0.4, -0.2) is 18.0 Å². The summed E-state index contributed by atoms with van der Waals surface area (Å²) in [6.07, 6.45) is 5.31. The highest BCUT2D eigenvalue weighted by molar-refractivity contribution is 8.13. The van der Waals surface area contributed by atoms with Crippen LogP contribution in [0.25, 0.3) is 0 Å². The van der Waals surface area contributed by atoms with Crippen molar-refractivity contribution in [1.82, 2.24) is 0 Å². The van der Waals surface area contributed by atoms with E-state index in [1.54, 1.807) is 0 Å². The van der Waals surface area contributed by atoms with Gasteiger partial charge in [0.25, 0.3) is 0 Å². The van der Waals surface area contributed by atoms with Gasteiger partial charge >= 0.3 is 0 Å². The Bertz CT molecular complexity index is 798. The highest BCUT2D eigenvalue weighted by Gasteiger charge is 2.11. The van der Waals surface area contributed by atoms with Crippen molar-refractivity contribution in [1.29, 1.82) is 0 Å². The molecule has 28 heavy (non-hydrogen) atoms. The van der Waals surface area contributed by atoms with Gasteiger partial charge in [0.05, 0.1) is 12.8 Å². The minimum absolute atomic E-state index is 0.117. The summed E-state index contributed by atoms with van der Waals surface area (Å²) in [4.78, 5) is 0. The monoisotopic (exact) mass is 405 g/mol. The molecule has 0 saturated heterocycles. The van der Waals surface area contributed by atoms with E-state index in [0.29, 0.717) is 17.9 Å². The lowest BCUT2D eigenvalue weighted by atomic mass is 10.2. The van der Waals surface area contributed by atoms with E-state index in [-0.39, 0.29) is 10.9 Å². The van der Waals surface area contributed by atoms with Crippen LogP contribution in [0, 0.1) is 11.6 Å². The van der Waals surface area contributed by atoms with Gasteiger partial charge in [-0.1, -0.05) is 68.3 Å². The van der Waals surface area contributed by atoms with Crippen LogP contribution >= 0.6 is 11.8 Å². The van der Waals surface area contributed by atoms with Gasteiger partial charge in [-0.2, -0.15) is 9.49 Å². The maximum absolute atomic E-state index is 13.9. The molecule has 4 nitrogen and oxygen atoms in total. The fourth-order valence-electron chi connectivity index (χ4n) is 2.39. The molecule has 0 aromatic heterocycles. The lowest BCUT2D eigenvalue weighted by Crippen LogP contribution is -2.06. The lowest BCUT2D eigenvalue weighted by Gasteiger charge is -2.08. The highest BCUT2D eigenvalue weighted by atomic mass is 32.2.